The minimum atomic E-state index is -0.465. The summed E-state index contributed by atoms with van der Waals surface area (Å²) in [6, 6.07) is 21.8. The Labute approximate surface area is 218 Å². The summed E-state index contributed by atoms with van der Waals surface area (Å²) in [4.78, 5) is 40.1. The second kappa shape index (κ2) is 10.8. The van der Waals surface area contributed by atoms with Crippen LogP contribution in [0.3, 0.4) is 0 Å². The summed E-state index contributed by atoms with van der Waals surface area (Å²) < 4.78 is 20.4. The van der Waals surface area contributed by atoms with E-state index < -0.39 is 11.9 Å². The topological polar surface area (TPSA) is 96.4 Å². The van der Waals surface area contributed by atoms with Gasteiger partial charge in [0.25, 0.3) is 11.5 Å². The van der Waals surface area contributed by atoms with Crippen LogP contribution in [0, 0.1) is 5.82 Å². The fraction of sp³-hybridized carbons (Fsp3) is 0.207. The van der Waals surface area contributed by atoms with Crippen LogP contribution in [0.4, 0.5) is 4.39 Å². The average Bonchev–Trinajstić information content (AvgIpc) is 3.26. The number of nitrogens with one attached hydrogen (secondary N) is 2. The Hall–Kier alpha value is -4.66. The molecule has 0 aliphatic carbocycles. The molecule has 1 aliphatic rings. The monoisotopic (exact) mass is 514 g/mol. The van der Waals surface area contributed by atoms with Crippen molar-refractivity contribution in [2.45, 2.75) is 26.0 Å². The minimum Gasteiger partial charge on any atom is -0.489 e. The molecule has 0 saturated heterocycles. The number of rotatable bonds is 8. The number of nitrogens with zero attached hydrogens (tertiary/aromatic N) is 2. The number of carbonyl (C=O) groups excluding carboxylic acids is 2. The second-order valence-electron chi connectivity index (χ2n) is 9.12. The number of ether oxygens (including phenoxy) is 1. The van der Waals surface area contributed by atoms with Gasteiger partial charge in [-0.05, 0) is 61.0 Å². The lowest BCUT2D eigenvalue weighted by molar-refractivity contribution is -0.133. The van der Waals surface area contributed by atoms with E-state index in [1.165, 1.54) is 28.9 Å². The number of amides is 2. The summed E-state index contributed by atoms with van der Waals surface area (Å²) in [5.41, 5.74) is 2.91. The van der Waals surface area contributed by atoms with E-state index in [2.05, 4.69) is 10.4 Å². The van der Waals surface area contributed by atoms with E-state index >= 15 is 0 Å². The van der Waals surface area contributed by atoms with Gasteiger partial charge in [-0.2, -0.15) is 0 Å². The number of carbonyl (C=O) groups is 2. The van der Waals surface area contributed by atoms with Crippen molar-refractivity contribution in [1.82, 2.24) is 20.0 Å². The van der Waals surface area contributed by atoms with Gasteiger partial charge in [0.05, 0.1) is 29.4 Å². The summed E-state index contributed by atoms with van der Waals surface area (Å²) in [5.74, 6) is -0.240. The summed E-state index contributed by atoms with van der Waals surface area (Å²) in [5, 5.41) is 5.84. The van der Waals surface area contributed by atoms with Gasteiger partial charge in [0.1, 0.15) is 18.2 Å². The lowest BCUT2D eigenvalue weighted by Crippen LogP contribution is -2.44. The third-order valence-corrected chi connectivity index (χ3v) is 6.63. The van der Waals surface area contributed by atoms with Crippen molar-refractivity contribution in [3.8, 4) is 11.4 Å². The fourth-order valence-electron chi connectivity index (χ4n) is 4.61. The van der Waals surface area contributed by atoms with Crippen molar-refractivity contribution < 1.29 is 18.7 Å². The molecule has 3 aromatic carbocycles. The van der Waals surface area contributed by atoms with Gasteiger partial charge in [-0.1, -0.05) is 30.3 Å². The third-order valence-electron chi connectivity index (χ3n) is 6.63. The number of hydrogen-bond acceptors (Lipinski definition) is 4. The molecule has 0 radical (unpaired) electrons. The highest BCUT2D eigenvalue weighted by molar-refractivity contribution is 5.94. The first kappa shape index (κ1) is 25.0. The first-order valence-corrected chi connectivity index (χ1v) is 12.3. The van der Waals surface area contributed by atoms with E-state index in [0.717, 1.165) is 5.56 Å². The summed E-state index contributed by atoms with van der Waals surface area (Å²) in [7, 11) is 0. The van der Waals surface area contributed by atoms with Gasteiger partial charge in [0.2, 0.25) is 5.91 Å². The quantitative estimate of drug-likeness (QED) is 0.374. The van der Waals surface area contributed by atoms with Crippen molar-refractivity contribution in [3.05, 3.63) is 117 Å². The molecule has 1 aromatic heterocycles. The molecule has 0 fully saturated rings. The van der Waals surface area contributed by atoms with E-state index in [1.54, 1.807) is 36.1 Å². The maximum Gasteiger partial charge on any atom is 0.276 e. The number of benzene rings is 3. The predicted octanol–water partition coefficient (Wildman–Crippen LogP) is 3.76. The van der Waals surface area contributed by atoms with Crippen molar-refractivity contribution in [2.24, 2.45) is 0 Å². The minimum absolute atomic E-state index is 0.0616. The van der Waals surface area contributed by atoms with Crippen LogP contribution < -0.4 is 15.6 Å². The largest absolute Gasteiger partial charge is 0.489 e. The molecule has 1 atom stereocenters. The number of aromatic nitrogens is 2. The molecule has 8 nitrogen and oxygen atoms in total. The molecule has 194 valence electrons. The molecular weight excluding hydrogens is 487 g/mol. The van der Waals surface area contributed by atoms with Crippen molar-refractivity contribution >= 4 is 11.8 Å². The molecule has 9 heteroatoms. The highest BCUT2D eigenvalue weighted by Crippen LogP contribution is 2.27. The molecule has 4 aromatic rings. The first-order chi connectivity index (χ1) is 18.4. The van der Waals surface area contributed by atoms with Crippen LogP contribution in [0.2, 0.25) is 0 Å². The van der Waals surface area contributed by atoms with Crippen LogP contribution in [0.5, 0.6) is 5.75 Å². The SMILES string of the molecule is CC1c2c([nH]n(-c3ccc(OCc4ccccc4)cc3)c2=O)CC(=O)N1CCNC(=O)c1ccc(F)cc1. The maximum atomic E-state index is 13.3. The second-order valence-corrected chi connectivity index (χ2v) is 9.12. The van der Waals surface area contributed by atoms with Crippen molar-refractivity contribution in [3.63, 3.8) is 0 Å². The lowest BCUT2D eigenvalue weighted by Gasteiger charge is -2.32. The number of hydrogen-bond donors (Lipinski definition) is 2. The van der Waals surface area contributed by atoms with E-state index in [4.69, 9.17) is 4.74 Å². The van der Waals surface area contributed by atoms with E-state index in [1.807, 2.05) is 30.3 Å². The Morgan fingerprint density at radius 3 is 2.45 bits per heavy atom. The van der Waals surface area contributed by atoms with Crippen molar-refractivity contribution in [2.75, 3.05) is 13.1 Å². The first-order valence-electron chi connectivity index (χ1n) is 12.3. The van der Waals surface area contributed by atoms with Gasteiger partial charge < -0.3 is 15.0 Å². The molecule has 38 heavy (non-hydrogen) atoms. The zero-order valence-electron chi connectivity index (χ0n) is 20.8. The Bertz CT molecular complexity index is 1490. The number of aromatic amines is 1. The van der Waals surface area contributed by atoms with Gasteiger partial charge in [-0.25, -0.2) is 9.07 Å². The van der Waals surface area contributed by atoms with Crippen LogP contribution in [0.25, 0.3) is 5.69 Å². The Morgan fingerprint density at radius 2 is 1.74 bits per heavy atom. The highest BCUT2D eigenvalue weighted by Gasteiger charge is 2.34. The third kappa shape index (κ3) is 5.22. The van der Waals surface area contributed by atoms with Gasteiger partial charge in [-0.15, -0.1) is 0 Å². The molecule has 2 N–H and O–H groups in total. The fourth-order valence-corrected chi connectivity index (χ4v) is 4.61. The van der Waals surface area contributed by atoms with Crippen LogP contribution in [-0.2, 0) is 17.8 Å². The Morgan fingerprint density at radius 1 is 1.03 bits per heavy atom. The Kier molecular flexibility index (Phi) is 7.08. The maximum absolute atomic E-state index is 13.3. The highest BCUT2D eigenvalue weighted by atomic mass is 19.1. The molecule has 5 rings (SSSR count). The summed E-state index contributed by atoms with van der Waals surface area (Å²) >= 11 is 0. The summed E-state index contributed by atoms with van der Waals surface area (Å²) in [6.07, 6.45) is 0.0616. The van der Waals surface area contributed by atoms with Crippen LogP contribution in [0.1, 0.15) is 40.1 Å². The number of fused-ring (bicyclic) bond motifs is 1. The normalized spacial score (nSPS) is 14.7. The van der Waals surface area contributed by atoms with Gasteiger partial charge in [0, 0.05) is 18.7 Å². The molecule has 0 saturated carbocycles. The molecule has 1 unspecified atom stereocenters. The van der Waals surface area contributed by atoms with E-state index in [9.17, 15) is 18.8 Å². The molecule has 0 spiro atoms. The molecule has 0 bridgehead atoms. The smallest absolute Gasteiger partial charge is 0.276 e. The van der Waals surface area contributed by atoms with E-state index in [0.29, 0.717) is 34.9 Å². The van der Waals surface area contributed by atoms with Gasteiger partial charge in [-0.3, -0.25) is 19.5 Å². The standard InChI is InChI=1S/C29H27FN4O4/c1-19-27-25(17-26(35)33(19)16-15-31-28(36)21-7-9-22(30)10-8-21)32-34(29(27)37)23-11-13-24(14-12-23)38-18-20-5-3-2-4-6-20/h2-14,19,32H,15-18H2,1H3,(H,31,36). The van der Waals surface area contributed by atoms with E-state index in [-0.39, 0.29) is 36.9 Å². The van der Waals surface area contributed by atoms with Gasteiger partial charge in [0.15, 0.2) is 0 Å². The molecule has 1 aliphatic heterocycles. The average molecular weight is 515 g/mol. The summed E-state index contributed by atoms with van der Waals surface area (Å²) in [6.45, 7) is 2.68. The van der Waals surface area contributed by atoms with Crippen LogP contribution in [-0.4, -0.2) is 39.6 Å². The molecule has 2 amide bonds. The lowest BCUT2D eigenvalue weighted by atomic mass is 10.00. The van der Waals surface area contributed by atoms with Crippen LogP contribution >= 0.6 is 0 Å². The number of halogens is 1. The Balaban J connectivity index is 1.25. The van der Waals surface area contributed by atoms with Gasteiger partial charge >= 0.3 is 0 Å². The predicted molar refractivity (Wildman–Crippen MR) is 140 cm³/mol. The zero-order valence-corrected chi connectivity index (χ0v) is 20.8. The van der Waals surface area contributed by atoms with Crippen LogP contribution in [0.15, 0.2) is 83.7 Å². The molecule has 2 heterocycles. The van der Waals surface area contributed by atoms with Crippen molar-refractivity contribution in [1.29, 1.82) is 0 Å². The zero-order chi connectivity index (χ0) is 26.6. The molecular formula is C29H27FN4O4. The number of H-pyrrole nitrogens is 1.